The number of likely N-dealkylation sites (tertiary alicyclic amines) is 1. The molecular formula is C22H24ClNO8P+. The number of halogens is 1. The lowest BCUT2D eigenvalue weighted by molar-refractivity contribution is -0.898. The molecule has 0 bridgehead atoms. The molecule has 2 aromatic carbocycles. The lowest BCUT2D eigenvalue weighted by Gasteiger charge is -2.40. The first-order valence-corrected chi connectivity index (χ1v) is 12.1. The maximum absolute atomic E-state index is 13.0. The molecular weight excluding hydrogens is 473 g/mol. The van der Waals surface area contributed by atoms with E-state index >= 15 is 0 Å². The molecule has 3 aromatic rings. The zero-order chi connectivity index (χ0) is 24.1. The monoisotopic (exact) mass is 496 g/mol. The molecule has 33 heavy (non-hydrogen) atoms. The molecule has 0 aliphatic carbocycles. The summed E-state index contributed by atoms with van der Waals surface area (Å²) >= 11 is 6.27. The van der Waals surface area contributed by atoms with E-state index < -0.39 is 31.0 Å². The minimum atomic E-state index is -5.04. The Bertz CT molecular complexity index is 1330. The largest absolute Gasteiger partial charge is 0.524 e. The number of nitrogens with zero attached hydrogens (tertiary/aromatic N) is 1. The Kier molecular flexibility index (Phi) is 6.07. The summed E-state index contributed by atoms with van der Waals surface area (Å²) < 4.78 is 23.1. The quantitative estimate of drug-likeness (QED) is 0.319. The number of phenols is 1. The first-order chi connectivity index (χ1) is 15.4. The van der Waals surface area contributed by atoms with Gasteiger partial charge in [0.15, 0.2) is 5.43 Å². The van der Waals surface area contributed by atoms with E-state index in [9.17, 15) is 29.4 Å². The van der Waals surface area contributed by atoms with Gasteiger partial charge >= 0.3 is 7.82 Å². The van der Waals surface area contributed by atoms with Crippen molar-refractivity contribution in [3.8, 4) is 22.8 Å². The summed E-state index contributed by atoms with van der Waals surface area (Å²) in [5, 5.41) is 21.6. The number of aliphatic hydroxyl groups excluding tert-OH is 1. The van der Waals surface area contributed by atoms with Crippen molar-refractivity contribution in [1.82, 2.24) is 0 Å². The van der Waals surface area contributed by atoms with E-state index in [4.69, 9.17) is 20.5 Å². The Morgan fingerprint density at radius 1 is 1.21 bits per heavy atom. The molecule has 0 amide bonds. The predicted octanol–water partition coefficient (Wildman–Crippen LogP) is 3.22. The number of quaternary nitrogens is 1. The molecule has 0 saturated carbocycles. The SMILES string of the molecule is C[N+]1(C)CC[C@H](c2c(OP(=O)(O)O)cc(O)c3c(=O)cc(-c4ccccc4Cl)oc23)[C@H](O)C1. The molecule has 1 saturated heterocycles. The minimum Gasteiger partial charge on any atom is -0.507 e. The van der Waals surface area contributed by atoms with Gasteiger partial charge < -0.3 is 23.6 Å². The zero-order valence-corrected chi connectivity index (χ0v) is 19.6. The maximum Gasteiger partial charge on any atom is 0.524 e. The van der Waals surface area contributed by atoms with Gasteiger partial charge in [-0.15, -0.1) is 0 Å². The first-order valence-electron chi connectivity index (χ1n) is 10.2. The second kappa shape index (κ2) is 8.43. The van der Waals surface area contributed by atoms with E-state index in [0.29, 0.717) is 34.6 Å². The third-order valence-corrected chi connectivity index (χ3v) is 6.66. The third kappa shape index (κ3) is 4.80. The minimum absolute atomic E-state index is 0.105. The summed E-state index contributed by atoms with van der Waals surface area (Å²) in [7, 11) is -1.13. The molecule has 11 heteroatoms. The van der Waals surface area contributed by atoms with Crippen LogP contribution in [0.25, 0.3) is 22.3 Å². The summed E-state index contributed by atoms with van der Waals surface area (Å²) in [6.07, 6.45) is -0.499. The van der Waals surface area contributed by atoms with Crippen LogP contribution in [0.5, 0.6) is 11.5 Å². The number of benzene rings is 2. The lowest BCUT2D eigenvalue weighted by Crippen LogP contribution is -2.52. The van der Waals surface area contributed by atoms with Gasteiger partial charge in [0.1, 0.15) is 40.9 Å². The summed E-state index contributed by atoms with van der Waals surface area (Å²) in [6, 6.07) is 8.86. The van der Waals surface area contributed by atoms with Gasteiger partial charge in [0, 0.05) is 35.6 Å². The van der Waals surface area contributed by atoms with Crippen molar-refractivity contribution in [2.45, 2.75) is 18.4 Å². The average molecular weight is 497 g/mol. The molecule has 176 valence electrons. The molecule has 2 atom stereocenters. The van der Waals surface area contributed by atoms with E-state index in [1.807, 2.05) is 14.1 Å². The Balaban J connectivity index is 2.04. The van der Waals surface area contributed by atoms with E-state index in [1.165, 1.54) is 6.07 Å². The van der Waals surface area contributed by atoms with Crippen LogP contribution < -0.4 is 9.95 Å². The van der Waals surface area contributed by atoms with Gasteiger partial charge in [-0.3, -0.25) is 14.6 Å². The molecule has 0 radical (unpaired) electrons. The van der Waals surface area contributed by atoms with Crippen LogP contribution in [0.1, 0.15) is 17.9 Å². The number of aromatic hydroxyl groups is 1. The van der Waals surface area contributed by atoms with Gasteiger partial charge in [-0.1, -0.05) is 23.7 Å². The molecule has 4 rings (SSSR count). The molecule has 1 aliphatic rings. The summed E-state index contributed by atoms with van der Waals surface area (Å²) in [4.78, 5) is 31.9. The van der Waals surface area contributed by atoms with E-state index in [1.54, 1.807) is 24.3 Å². The fourth-order valence-electron chi connectivity index (χ4n) is 4.40. The second-order valence-corrected chi connectivity index (χ2v) is 10.4. The van der Waals surface area contributed by atoms with Crippen LogP contribution >= 0.6 is 19.4 Å². The van der Waals surface area contributed by atoms with Crippen LogP contribution in [0.3, 0.4) is 0 Å². The molecule has 0 spiro atoms. The summed E-state index contributed by atoms with van der Waals surface area (Å²) in [5.41, 5.74) is -0.151. The number of phosphoric acid groups is 1. The van der Waals surface area contributed by atoms with Crippen molar-refractivity contribution in [1.29, 1.82) is 0 Å². The topological polar surface area (TPSA) is 137 Å². The van der Waals surface area contributed by atoms with E-state index in [2.05, 4.69) is 0 Å². The molecule has 1 aromatic heterocycles. The molecule has 2 heterocycles. The summed E-state index contributed by atoms with van der Waals surface area (Å²) in [6.45, 7) is 1.00. The van der Waals surface area contributed by atoms with Gasteiger partial charge in [0.25, 0.3) is 0 Å². The highest BCUT2D eigenvalue weighted by Gasteiger charge is 2.39. The van der Waals surface area contributed by atoms with Crippen molar-refractivity contribution >= 4 is 30.4 Å². The lowest BCUT2D eigenvalue weighted by atomic mass is 9.84. The van der Waals surface area contributed by atoms with Crippen LogP contribution in [0, 0.1) is 0 Å². The number of phenolic OH excluding ortho intramolecular Hbond substituents is 1. The smallest absolute Gasteiger partial charge is 0.507 e. The predicted molar refractivity (Wildman–Crippen MR) is 122 cm³/mol. The third-order valence-electron chi connectivity index (χ3n) is 5.90. The Labute approximate surface area is 194 Å². The van der Waals surface area contributed by atoms with Gasteiger partial charge in [-0.05, 0) is 12.1 Å². The van der Waals surface area contributed by atoms with Gasteiger partial charge in [0.2, 0.25) is 0 Å². The maximum atomic E-state index is 13.0. The van der Waals surface area contributed by atoms with Crippen LogP contribution in [-0.4, -0.2) is 57.8 Å². The number of hydrogen-bond acceptors (Lipinski definition) is 6. The molecule has 9 nitrogen and oxygen atoms in total. The molecule has 4 N–H and O–H groups in total. The van der Waals surface area contributed by atoms with Crippen LogP contribution in [-0.2, 0) is 4.57 Å². The van der Waals surface area contributed by atoms with Crippen molar-refractivity contribution in [2.75, 3.05) is 27.2 Å². The van der Waals surface area contributed by atoms with Crippen molar-refractivity contribution < 1.29 is 38.0 Å². The highest BCUT2D eigenvalue weighted by atomic mass is 35.5. The number of rotatable bonds is 4. The Morgan fingerprint density at radius 3 is 2.55 bits per heavy atom. The van der Waals surface area contributed by atoms with Gasteiger partial charge in [0.05, 0.1) is 25.7 Å². The molecule has 1 aliphatic heterocycles. The van der Waals surface area contributed by atoms with Crippen molar-refractivity contribution in [3.63, 3.8) is 0 Å². The number of aliphatic hydroxyl groups is 1. The zero-order valence-electron chi connectivity index (χ0n) is 17.9. The summed E-state index contributed by atoms with van der Waals surface area (Å²) in [5.74, 6) is -1.47. The first kappa shape index (κ1) is 23.8. The number of piperidine rings is 1. The second-order valence-electron chi connectivity index (χ2n) is 8.85. The highest BCUT2D eigenvalue weighted by molar-refractivity contribution is 7.46. The average Bonchev–Trinajstić information content (AvgIpc) is 2.67. The van der Waals surface area contributed by atoms with Crippen molar-refractivity contribution in [2.24, 2.45) is 0 Å². The van der Waals surface area contributed by atoms with Gasteiger partial charge in [-0.25, -0.2) is 4.57 Å². The number of hydrogen-bond donors (Lipinski definition) is 4. The van der Waals surface area contributed by atoms with Crippen LogP contribution in [0.15, 0.2) is 45.6 Å². The number of phosphoric ester groups is 1. The molecule has 0 unspecified atom stereocenters. The van der Waals surface area contributed by atoms with Crippen LogP contribution in [0.2, 0.25) is 5.02 Å². The standard InChI is InChI=1S/C22H23ClNO8P/c1-24(2)8-7-13(17(27)11-24)20-19(32-33(28,29)30)10-16(26)21-15(25)9-18(31-22(20)21)12-5-3-4-6-14(12)23/h3-6,9-10,13,17,27H,7-8,11H2,1-2H3,(H2-,25,26,28,29,30)/p+1/t13-,17+/m0/s1. The Morgan fingerprint density at radius 2 is 1.91 bits per heavy atom. The fraction of sp³-hybridized carbons (Fsp3) is 0.318. The number of fused-ring (bicyclic) bond motifs is 1. The normalized spacial score (nSPS) is 20.7. The fourth-order valence-corrected chi connectivity index (χ4v) is 5.04. The Hall–Kier alpha value is -2.39. The van der Waals surface area contributed by atoms with Gasteiger partial charge in [-0.2, -0.15) is 0 Å². The van der Waals surface area contributed by atoms with Crippen molar-refractivity contribution in [3.05, 3.63) is 57.2 Å². The van der Waals surface area contributed by atoms with E-state index in [0.717, 1.165) is 6.07 Å². The highest BCUT2D eigenvalue weighted by Crippen LogP contribution is 2.48. The molecule has 1 fully saturated rings. The van der Waals surface area contributed by atoms with Crippen LogP contribution in [0.4, 0.5) is 0 Å². The van der Waals surface area contributed by atoms with E-state index in [-0.39, 0.29) is 28.0 Å². The number of likely N-dealkylation sites (N-methyl/N-ethyl adjacent to an activating group) is 1.